The number of fused-ring (bicyclic) bond motifs is 1. The first-order valence-corrected chi connectivity index (χ1v) is 6.80. The quantitative estimate of drug-likeness (QED) is 0.857. The van der Waals surface area contributed by atoms with E-state index in [1.807, 2.05) is 38.1 Å². The van der Waals surface area contributed by atoms with Crippen molar-refractivity contribution in [3.63, 3.8) is 0 Å². The van der Waals surface area contributed by atoms with Crippen LogP contribution >= 0.6 is 0 Å². The van der Waals surface area contributed by atoms with Crippen LogP contribution in [0.15, 0.2) is 24.3 Å². The highest BCUT2D eigenvalue weighted by Gasteiger charge is 2.33. The number of amides is 1. The maximum Gasteiger partial charge on any atom is 0.326 e. The monoisotopic (exact) mass is 277 g/mol. The average Bonchev–Trinajstić information content (AvgIpc) is 2.87. The molecule has 0 saturated heterocycles. The zero-order valence-electron chi connectivity index (χ0n) is 11.6. The number of aliphatic carboxylic acids is 1. The molecule has 1 aromatic rings. The highest BCUT2D eigenvalue weighted by molar-refractivity contribution is 5.87. The first-order valence-electron chi connectivity index (χ1n) is 6.80. The van der Waals surface area contributed by atoms with Crippen molar-refractivity contribution in [2.24, 2.45) is 5.92 Å². The van der Waals surface area contributed by atoms with Gasteiger partial charge in [0.05, 0.1) is 0 Å². The van der Waals surface area contributed by atoms with Crippen LogP contribution < -0.4 is 10.1 Å². The fourth-order valence-corrected chi connectivity index (χ4v) is 2.26. The van der Waals surface area contributed by atoms with Crippen LogP contribution in [0.25, 0.3) is 0 Å². The molecule has 108 valence electrons. The molecule has 1 aliphatic heterocycles. The number of carboxylic acids is 1. The van der Waals surface area contributed by atoms with Crippen molar-refractivity contribution in [1.29, 1.82) is 0 Å². The van der Waals surface area contributed by atoms with Gasteiger partial charge >= 0.3 is 5.97 Å². The molecular weight excluding hydrogens is 258 g/mol. The van der Waals surface area contributed by atoms with Crippen LogP contribution in [0, 0.1) is 5.92 Å². The van der Waals surface area contributed by atoms with Gasteiger partial charge in [-0.15, -0.1) is 0 Å². The van der Waals surface area contributed by atoms with Gasteiger partial charge in [0.15, 0.2) is 6.10 Å². The van der Waals surface area contributed by atoms with Crippen molar-refractivity contribution in [2.75, 3.05) is 0 Å². The Morgan fingerprint density at radius 2 is 2.15 bits per heavy atom. The molecule has 2 rings (SSSR count). The van der Waals surface area contributed by atoms with E-state index in [4.69, 9.17) is 4.74 Å². The van der Waals surface area contributed by atoms with Gasteiger partial charge in [0.25, 0.3) is 5.91 Å². The lowest BCUT2D eigenvalue weighted by molar-refractivity contribution is -0.144. The van der Waals surface area contributed by atoms with Gasteiger partial charge in [-0.3, -0.25) is 4.79 Å². The zero-order valence-corrected chi connectivity index (χ0v) is 11.6. The van der Waals surface area contributed by atoms with E-state index in [1.165, 1.54) is 0 Å². The van der Waals surface area contributed by atoms with E-state index < -0.39 is 18.1 Å². The molecule has 0 unspecified atom stereocenters. The van der Waals surface area contributed by atoms with E-state index in [0.717, 1.165) is 5.56 Å². The number of ether oxygens (including phenoxy) is 1. The van der Waals surface area contributed by atoms with Gasteiger partial charge in [-0.25, -0.2) is 4.79 Å². The summed E-state index contributed by atoms with van der Waals surface area (Å²) in [5, 5.41) is 11.8. The Morgan fingerprint density at radius 1 is 1.45 bits per heavy atom. The summed E-state index contributed by atoms with van der Waals surface area (Å²) in [6, 6.07) is 6.58. The standard InChI is InChI=1S/C15H19NO4/c1-3-9(2)13(15(18)19)16-14(17)12-8-10-6-4-5-7-11(10)20-12/h4-7,9,12-13H,3,8H2,1-2H3,(H,16,17)(H,18,19)/t9-,12+,13-/m0/s1. The van der Waals surface area contributed by atoms with Gasteiger partial charge < -0.3 is 15.2 Å². The molecule has 0 aromatic heterocycles. The maximum atomic E-state index is 12.1. The summed E-state index contributed by atoms with van der Waals surface area (Å²) < 4.78 is 5.56. The second kappa shape index (κ2) is 5.94. The van der Waals surface area contributed by atoms with E-state index >= 15 is 0 Å². The minimum absolute atomic E-state index is 0.125. The topological polar surface area (TPSA) is 75.6 Å². The Kier molecular flexibility index (Phi) is 4.27. The minimum Gasteiger partial charge on any atom is -0.480 e. The van der Waals surface area contributed by atoms with Gasteiger partial charge in [0.1, 0.15) is 11.8 Å². The smallest absolute Gasteiger partial charge is 0.326 e. The molecule has 5 nitrogen and oxygen atoms in total. The summed E-state index contributed by atoms with van der Waals surface area (Å²) in [7, 11) is 0. The second-order valence-electron chi connectivity index (χ2n) is 5.13. The molecule has 0 aliphatic carbocycles. The normalized spacial score (nSPS) is 19.6. The van der Waals surface area contributed by atoms with Crippen LogP contribution in [0.2, 0.25) is 0 Å². The summed E-state index contributed by atoms with van der Waals surface area (Å²) in [4.78, 5) is 23.4. The molecule has 0 bridgehead atoms. The van der Waals surface area contributed by atoms with Crippen LogP contribution in [0.1, 0.15) is 25.8 Å². The largest absolute Gasteiger partial charge is 0.480 e. The summed E-state index contributed by atoms with van der Waals surface area (Å²) in [6.45, 7) is 3.71. The number of rotatable bonds is 5. The van der Waals surface area contributed by atoms with Crippen molar-refractivity contribution in [3.8, 4) is 5.75 Å². The third-order valence-electron chi connectivity index (χ3n) is 3.72. The van der Waals surface area contributed by atoms with Gasteiger partial charge in [-0.1, -0.05) is 38.5 Å². The lowest BCUT2D eigenvalue weighted by Crippen LogP contribution is -2.49. The van der Waals surface area contributed by atoms with Crippen LogP contribution in [0.5, 0.6) is 5.75 Å². The van der Waals surface area contributed by atoms with E-state index in [9.17, 15) is 14.7 Å². The third-order valence-corrected chi connectivity index (χ3v) is 3.72. The van der Waals surface area contributed by atoms with Gasteiger partial charge in [-0.2, -0.15) is 0 Å². The first-order chi connectivity index (χ1) is 9.52. The molecule has 1 amide bonds. The molecule has 0 radical (unpaired) electrons. The lowest BCUT2D eigenvalue weighted by Gasteiger charge is -2.21. The van der Waals surface area contributed by atoms with Crippen LogP contribution in [0.3, 0.4) is 0 Å². The molecule has 20 heavy (non-hydrogen) atoms. The number of para-hydroxylation sites is 1. The van der Waals surface area contributed by atoms with Gasteiger partial charge in [0, 0.05) is 6.42 Å². The minimum atomic E-state index is -1.01. The molecule has 2 N–H and O–H groups in total. The number of hydrogen-bond donors (Lipinski definition) is 2. The summed E-state index contributed by atoms with van der Waals surface area (Å²) in [5.74, 6) is -0.805. The predicted octanol–water partition coefficient (Wildman–Crippen LogP) is 1.61. The van der Waals surface area contributed by atoms with Gasteiger partial charge in [-0.05, 0) is 17.5 Å². The number of carboxylic acid groups (broad SMARTS) is 1. The van der Waals surface area contributed by atoms with Gasteiger partial charge in [0.2, 0.25) is 0 Å². The Morgan fingerprint density at radius 3 is 2.75 bits per heavy atom. The number of carbonyl (C=O) groups is 2. The number of hydrogen-bond acceptors (Lipinski definition) is 3. The van der Waals surface area contributed by atoms with Crippen LogP contribution in [-0.2, 0) is 16.0 Å². The molecule has 1 aliphatic rings. The Hall–Kier alpha value is -2.04. The van der Waals surface area contributed by atoms with Crippen molar-refractivity contribution in [2.45, 2.75) is 38.8 Å². The van der Waals surface area contributed by atoms with Crippen LogP contribution in [0.4, 0.5) is 0 Å². The lowest BCUT2D eigenvalue weighted by atomic mass is 9.99. The molecule has 0 saturated carbocycles. The summed E-state index contributed by atoms with van der Waals surface area (Å²) in [5.41, 5.74) is 0.975. The zero-order chi connectivity index (χ0) is 14.7. The first kappa shape index (κ1) is 14.4. The molecule has 0 fully saturated rings. The molecule has 1 aromatic carbocycles. The van der Waals surface area contributed by atoms with Crippen molar-refractivity contribution in [1.82, 2.24) is 5.32 Å². The SMILES string of the molecule is CC[C@H](C)[C@H](NC(=O)[C@H]1Cc2ccccc2O1)C(=O)O. The molecule has 5 heteroatoms. The van der Waals surface area contributed by atoms with E-state index in [1.54, 1.807) is 0 Å². The van der Waals surface area contributed by atoms with E-state index in [2.05, 4.69) is 5.32 Å². The highest BCUT2D eigenvalue weighted by atomic mass is 16.5. The van der Waals surface area contributed by atoms with E-state index in [0.29, 0.717) is 18.6 Å². The summed E-state index contributed by atoms with van der Waals surface area (Å²) in [6.07, 6.45) is 0.524. The third kappa shape index (κ3) is 2.92. The predicted molar refractivity (Wildman–Crippen MR) is 73.6 cm³/mol. The van der Waals surface area contributed by atoms with Crippen molar-refractivity contribution in [3.05, 3.63) is 29.8 Å². The Labute approximate surface area is 117 Å². The highest BCUT2D eigenvalue weighted by Crippen LogP contribution is 2.28. The molecule has 0 spiro atoms. The molecule has 3 atom stereocenters. The Bertz CT molecular complexity index is 489. The fraction of sp³-hybridized carbons (Fsp3) is 0.467. The van der Waals surface area contributed by atoms with E-state index in [-0.39, 0.29) is 11.8 Å². The van der Waals surface area contributed by atoms with Crippen LogP contribution in [-0.4, -0.2) is 29.1 Å². The van der Waals surface area contributed by atoms with Crippen molar-refractivity contribution >= 4 is 11.9 Å². The Balaban J connectivity index is 2.01. The summed E-state index contributed by atoms with van der Waals surface area (Å²) >= 11 is 0. The second-order valence-corrected chi connectivity index (χ2v) is 5.13. The number of benzene rings is 1. The number of carbonyl (C=O) groups excluding carboxylic acids is 1. The molecular formula is C15H19NO4. The van der Waals surface area contributed by atoms with Crippen molar-refractivity contribution < 1.29 is 19.4 Å². The number of nitrogens with one attached hydrogen (secondary N) is 1. The fourth-order valence-electron chi connectivity index (χ4n) is 2.26. The molecule has 1 heterocycles. The average molecular weight is 277 g/mol. The maximum absolute atomic E-state index is 12.1.